The largest absolute Gasteiger partial charge is 0.480 e. The fourth-order valence-electron chi connectivity index (χ4n) is 2.38. The lowest BCUT2D eigenvalue weighted by atomic mass is 10.1. The summed E-state index contributed by atoms with van der Waals surface area (Å²) in [5, 5.41) is 9.46. The van der Waals surface area contributed by atoms with Gasteiger partial charge in [0, 0.05) is 4.90 Å². The molecule has 1 aromatic rings. The van der Waals surface area contributed by atoms with Gasteiger partial charge in [0.15, 0.2) is 0 Å². The number of hydrogen-bond acceptors (Lipinski definition) is 3. The van der Waals surface area contributed by atoms with Gasteiger partial charge in [0.25, 0.3) is 0 Å². The third-order valence-electron chi connectivity index (χ3n) is 3.17. The van der Waals surface area contributed by atoms with Crippen molar-refractivity contribution in [1.29, 1.82) is 0 Å². The molecule has 1 heterocycles. The molecule has 0 aromatic heterocycles. The smallest absolute Gasteiger partial charge is 0.325 e. The Balaban J connectivity index is 2.34. The van der Waals surface area contributed by atoms with Gasteiger partial charge in [-0.2, -0.15) is 0 Å². The maximum Gasteiger partial charge on any atom is 0.325 e. The highest BCUT2D eigenvalue weighted by Gasteiger charge is 2.30. The van der Waals surface area contributed by atoms with Gasteiger partial charge < -0.3 is 5.11 Å². The van der Waals surface area contributed by atoms with E-state index in [4.69, 9.17) is 0 Å². The van der Waals surface area contributed by atoms with Crippen molar-refractivity contribution in [2.24, 2.45) is 0 Å². The van der Waals surface area contributed by atoms with Gasteiger partial charge >= 0.3 is 5.97 Å². The second kappa shape index (κ2) is 5.56. The predicted molar refractivity (Wildman–Crippen MR) is 69.4 cm³/mol. The minimum atomic E-state index is -0.742. The molecule has 1 atom stereocenters. The standard InChI is InChI=1S/C13H17NO2S/c1-17-11-7-3-2-6-10(11)12(13(15)16)14-8-4-5-9-14/h2-3,6-7,12H,4-5,8-9H2,1H3,(H,15,16)/t12-/m0/s1. The second-order valence-corrected chi connectivity index (χ2v) is 5.07. The van der Waals surface area contributed by atoms with Crippen LogP contribution in [-0.4, -0.2) is 35.3 Å². The van der Waals surface area contributed by atoms with Gasteiger partial charge in [-0.05, 0) is 43.8 Å². The van der Waals surface area contributed by atoms with Crippen molar-refractivity contribution in [3.8, 4) is 0 Å². The fourth-order valence-corrected chi connectivity index (χ4v) is 3.01. The normalized spacial score (nSPS) is 18.2. The summed E-state index contributed by atoms with van der Waals surface area (Å²) in [5.41, 5.74) is 0.925. The maximum atomic E-state index is 11.5. The van der Waals surface area contributed by atoms with E-state index >= 15 is 0 Å². The van der Waals surface area contributed by atoms with Crippen LogP contribution >= 0.6 is 11.8 Å². The Morgan fingerprint density at radius 3 is 2.59 bits per heavy atom. The average molecular weight is 251 g/mol. The SMILES string of the molecule is CSc1ccccc1[C@@H](C(=O)O)N1CCCC1. The van der Waals surface area contributed by atoms with Crippen molar-refractivity contribution in [2.45, 2.75) is 23.8 Å². The first-order chi connectivity index (χ1) is 8.24. The van der Waals surface area contributed by atoms with Crippen molar-refractivity contribution in [3.63, 3.8) is 0 Å². The van der Waals surface area contributed by atoms with E-state index in [2.05, 4.69) is 4.90 Å². The summed E-state index contributed by atoms with van der Waals surface area (Å²) in [6.07, 6.45) is 4.19. The minimum Gasteiger partial charge on any atom is -0.480 e. The molecule has 0 unspecified atom stereocenters. The Morgan fingerprint density at radius 2 is 2.00 bits per heavy atom. The van der Waals surface area contributed by atoms with E-state index in [0.717, 1.165) is 36.4 Å². The van der Waals surface area contributed by atoms with Crippen LogP contribution in [0.15, 0.2) is 29.2 Å². The summed E-state index contributed by atoms with van der Waals surface area (Å²) in [5.74, 6) is -0.742. The van der Waals surface area contributed by atoms with Crippen LogP contribution < -0.4 is 0 Å². The third kappa shape index (κ3) is 2.64. The molecule has 1 saturated heterocycles. The summed E-state index contributed by atoms with van der Waals surface area (Å²) in [6, 6.07) is 7.31. The van der Waals surface area contributed by atoms with Crippen molar-refractivity contribution >= 4 is 17.7 Å². The number of benzene rings is 1. The van der Waals surface area contributed by atoms with Crippen molar-refractivity contribution in [1.82, 2.24) is 4.90 Å². The molecule has 2 rings (SSSR count). The number of nitrogens with zero attached hydrogens (tertiary/aromatic N) is 1. The van der Waals surface area contributed by atoms with Gasteiger partial charge in [-0.3, -0.25) is 9.69 Å². The average Bonchev–Trinajstić information content (AvgIpc) is 2.83. The fraction of sp³-hybridized carbons (Fsp3) is 0.462. The zero-order valence-corrected chi connectivity index (χ0v) is 10.7. The van der Waals surface area contributed by atoms with E-state index in [1.165, 1.54) is 0 Å². The Hall–Kier alpha value is -1.00. The summed E-state index contributed by atoms with van der Waals surface area (Å²) in [6.45, 7) is 1.78. The first kappa shape index (κ1) is 12.5. The van der Waals surface area contributed by atoms with E-state index in [9.17, 15) is 9.90 Å². The van der Waals surface area contributed by atoms with Crippen LogP contribution in [0.5, 0.6) is 0 Å². The van der Waals surface area contributed by atoms with E-state index < -0.39 is 12.0 Å². The van der Waals surface area contributed by atoms with Crippen LogP contribution in [0.2, 0.25) is 0 Å². The number of likely N-dealkylation sites (tertiary alicyclic amines) is 1. The zero-order valence-electron chi connectivity index (χ0n) is 9.93. The third-order valence-corrected chi connectivity index (χ3v) is 3.98. The molecular weight excluding hydrogens is 234 g/mol. The number of carbonyl (C=O) groups is 1. The molecule has 1 N–H and O–H groups in total. The topological polar surface area (TPSA) is 40.5 Å². The number of rotatable bonds is 4. The minimum absolute atomic E-state index is 0.485. The predicted octanol–water partition coefficient (Wildman–Crippen LogP) is 2.63. The monoisotopic (exact) mass is 251 g/mol. The van der Waals surface area contributed by atoms with Gasteiger partial charge in [0.1, 0.15) is 6.04 Å². The summed E-state index contributed by atoms with van der Waals surface area (Å²) in [7, 11) is 0. The zero-order chi connectivity index (χ0) is 12.3. The molecule has 17 heavy (non-hydrogen) atoms. The van der Waals surface area contributed by atoms with Crippen LogP contribution in [-0.2, 0) is 4.79 Å². The molecule has 0 bridgehead atoms. The number of thioether (sulfide) groups is 1. The molecule has 92 valence electrons. The number of carboxylic acids is 1. The summed E-state index contributed by atoms with van der Waals surface area (Å²) >= 11 is 1.61. The summed E-state index contributed by atoms with van der Waals surface area (Å²) < 4.78 is 0. The van der Waals surface area contributed by atoms with Crippen LogP contribution in [0, 0.1) is 0 Å². The van der Waals surface area contributed by atoms with Crippen molar-refractivity contribution in [2.75, 3.05) is 19.3 Å². The Morgan fingerprint density at radius 1 is 1.35 bits per heavy atom. The molecule has 0 amide bonds. The van der Waals surface area contributed by atoms with Crippen molar-refractivity contribution < 1.29 is 9.90 Å². The van der Waals surface area contributed by atoms with Crippen LogP contribution in [0.3, 0.4) is 0 Å². The molecule has 0 radical (unpaired) electrons. The lowest BCUT2D eigenvalue weighted by Crippen LogP contribution is -2.32. The van der Waals surface area contributed by atoms with Gasteiger partial charge in [0.2, 0.25) is 0 Å². The molecule has 1 aliphatic rings. The van der Waals surface area contributed by atoms with E-state index in [-0.39, 0.29) is 0 Å². The number of hydrogen-bond donors (Lipinski definition) is 1. The second-order valence-electron chi connectivity index (χ2n) is 4.23. The van der Waals surface area contributed by atoms with Crippen LogP contribution in [0.4, 0.5) is 0 Å². The molecule has 1 aromatic carbocycles. The van der Waals surface area contributed by atoms with Crippen LogP contribution in [0.1, 0.15) is 24.4 Å². The summed E-state index contributed by atoms with van der Waals surface area (Å²) in [4.78, 5) is 14.6. The molecule has 4 heteroatoms. The highest BCUT2D eigenvalue weighted by Crippen LogP contribution is 2.31. The molecular formula is C13H17NO2S. The lowest BCUT2D eigenvalue weighted by molar-refractivity contribution is -0.143. The van der Waals surface area contributed by atoms with Gasteiger partial charge in [-0.25, -0.2) is 0 Å². The molecule has 3 nitrogen and oxygen atoms in total. The molecule has 0 spiro atoms. The maximum absolute atomic E-state index is 11.5. The Kier molecular flexibility index (Phi) is 4.07. The highest BCUT2D eigenvalue weighted by atomic mass is 32.2. The molecule has 1 aliphatic heterocycles. The van der Waals surface area contributed by atoms with E-state index in [0.29, 0.717) is 0 Å². The van der Waals surface area contributed by atoms with E-state index in [1.807, 2.05) is 30.5 Å². The first-order valence-corrected chi connectivity index (χ1v) is 7.06. The lowest BCUT2D eigenvalue weighted by Gasteiger charge is -2.25. The Bertz CT molecular complexity index is 402. The van der Waals surface area contributed by atoms with Gasteiger partial charge in [-0.1, -0.05) is 18.2 Å². The molecule has 0 aliphatic carbocycles. The quantitative estimate of drug-likeness (QED) is 0.835. The van der Waals surface area contributed by atoms with Crippen LogP contribution in [0.25, 0.3) is 0 Å². The van der Waals surface area contributed by atoms with E-state index in [1.54, 1.807) is 11.8 Å². The highest BCUT2D eigenvalue weighted by molar-refractivity contribution is 7.98. The molecule has 0 saturated carbocycles. The van der Waals surface area contributed by atoms with Gasteiger partial charge in [-0.15, -0.1) is 11.8 Å². The number of aliphatic carboxylic acids is 1. The molecule has 1 fully saturated rings. The van der Waals surface area contributed by atoms with Crippen molar-refractivity contribution in [3.05, 3.63) is 29.8 Å². The number of carboxylic acid groups (broad SMARTS) is 1. The van der Waals surface area contributed by atoms with Gasteiger partial charge in [0.05, 0.1) is 0 Å². The first-order valence-electron chi connectivity index (χ1n) is 5.84. The Labute approximate surface area is 106 Å².